The highest BCUT2D eigenvalue weighted by molar-refractivity contribution is 6.68. The van der Waals surface area contributed by atoms with Gasteiger partial charge in [0, 0.05) is 6.08 Å². The van der Waals surface area contributed by atoms with Crippen molar-refractivity contribution in [2.75, 3.05) is 0 Å². The predicted octanol–water partition coefficient (Wildman–Crippen LogP) is 2.30. The Morgan fingerprint density at radius 3 is 1.71 bits per heavy atom. The largest absolute Gasteiger partial charge is 0.299 e. The van der Waals surface area contributed by atoms with E-state index in [0.717, 1.165) is 6.08 Å². The van der Waals surface area contributed by atoms with E-state index >= 15 is 0 Å². The zero-order valence-corrected chi connectivity index (χ0v) is 5.46. The van der Waals surface area contributed by atoms with Gasteiger partial charge < -0.3 is 0 Å². The summed E-state index contributed by atoms with van der Waals surface area (Å²) >= 11 is 15.2. The fourth-order valence-electron chi connectivity index (χ4n) is 0.0772. The van der Waals surface area contributed by atoms with Crippen LogP contribution in [0.4, 0.5) is 0 Å². The van der Waals surface area contributed by atoms with Crippen LogP contribution in [0.5, 0.6) is 0 Å². The fourth-order valence-corrected chi connectivity index (χ4v) is 0.231. The quantitative estimate of drug-likeness (QED) is 0.383. The molecular weight excluding hydrogens is 158 g/mol. The third-order valence-corrected chi connectivity index (χ3v) is 0.635. The van der Waals surface area contributed by atoms with Gasteiger partial charge in [-0.3, -0.25) is 5.11 Å². The normalized spacial score (nSPS) is 13.0. The Morgan fingerprint density at radius 1 is 1.29 bits per heavy atom. The van der Waals surface area contributed by atoms with Crippen LogP contribution in [0.1, 0.15) is 0 Å². The minimum atomic E-state index is -1.53. The van der Waals surface area contributed by atoms with Gasteiger partial charge in [0.1, 0.15) is 6.26 Å². The van der Waals surface area contributed by atoms with Gasteiger partial charge >= 0.3 is 0 Å². The second-order valence-electron chi connectivity index (χ2n) is 0.844. The molecule has 0 amide bonds. The molecule has 0 bridgehead atoms. The van der Waals surface area contributed by atoms with Crippen molar-refractivity contribution >= 4 is 34.8 Å². The SMILES string of the molecule is [O]/C=C\C(Cl)(Cl)Cl. The van der Waals surface area contributed by atoms with Crippen LogP contribution in [0.25, 0.3) is 0 Å². The second kappa shape index (κ2) is 2.65. The van der Waals surface area contributed by atoms with Crippen LogP contribution < -0.4 is 0 Å². The first-order valence-corrected chi connectivity index (χ1v) is 2.56. The van der Waals surface area contributed by atoms with E-state index in [-0.39, 0.29) is 0 Å². The highest BCUT2D eigenvalue weighted by atomic mass is 35.6. The Hall–Kier alpha value is 0.410. The molecule has 0 aromatic rings. The molecule has 0 saturated heterocycles. The van der Waals surface area contributed by atoms with Gasteiger partial charge in [0.15, 0.2) is 0 Å². The lowest BCUT2D eigenvalue weighted by Crippen LogP contribution is -1.92. The van der Waals surface area contributed by atoms with E-state index in [4.69, 9.17) is 34.8 Å². The van der Waals surface area contributed by atoms with Crippen molar-refractivity contribution < 1.29 is 5.11 Å². The zero-order valence-electron chi connectivity index (χ0n) is 3.20. The molecule has 0 N–H and O–H groups in total. The highest BCUT2D eigenvalue weighted by Crippen LogP contribution is 2.26. The third-order valence-electron chi connectivity index (χ3n) is 0.257. The van der Waals surface area contributed by atoms with E-state index in [1.54, 1.807) is 0 Å². The second-order valence-corrected chi connectivity index (χ2v) is 3.21. The molecule has 0 heterocycles. The van der Waals surface area contributed by atoms with Gasteiger partial charge in [-0.2, -0.15) is 0 Å². The van der Waals surface area contributed by atoms with Crippen molar-refractivity contribution in [3.8, 4) is 0 Å². The number of halogens is 3. The first-order valence-electron chi connectivity index (χ1n) is 1.42. The van der Waals surface area contributed by atoms with Crippen molar-refractivity contribution in [3.05, 3.63) is 12.3 Å². The lowest BCUT2D eigenvalue weighted by Gasteiger charge is -1.97. The Labute approximate surface area is 56.5 Å². The summed E-state index contributed by atoms with van der Waals surface area (Å²) in [6.07, 6.45) is 1.37. The first kappa shape index (κ1) is 7.41. The van der Waals surface area contributed by atoms with Crippen LogP contribution in [0.15, 0.2) is 12.3 Å². The first-order chi connectivity index (χ1) is 3.06. The van der Waals surface area contributed by atoms with Crippen molar-refractivity contribution in [1.29, 1.82) is 0 Å². The molecular formula is C3H2Cl3O. The maximum Gasteiger partial charge on any atom is 0.212 e. The molecule has 0 spiro atoms. The molecule has 0 aliphatic heterocycles. The van der Waals surface area contributed by atoms with E-state index in [0.29, 0.717) is 6.26 Å². The summed E-state index contributed by atoms with van der Waals surface area (Å²) in [6.45, 7) is 0. The summed E-state index contributed by atoms with van der Waals surface area (Å²) in [4.78, 5) is 0. The van der Waals surface area contributed by atoms with Crippen LogP contribution in [0.2, 0.25) is 0 Å². The number of rotatable bonds is 0. The van der Waals surface area contributed by atoms with Crippen molar-refractivity contribution in [2.45, 2.75) is 3.79 Å². The molecule has 0 atom stereocenters. The van der Waals surface area contributed by atoms with E-state index in [1.165, 1.54) is 0 Å². The highest BCUT2D eigenvalue weighted by Gasteiger charge is 2.13. The van der Waals surface area contributed by atoms with Crippen LogP contribution in [0.3, 0.4) is 0 Å². The molecule has 4 heteroatoms. The molecule has 1 nitrogen and oxygen atoms in total. The van der Waals surface area contributed by atoms with Gasteiger partial charge in [-0.05, 0) is 0 Å². The van der Waals surface area contributed by atoms with Crippen LogP contribution in [-0.2, 0) is 5.11 Å². The molecule has 0 fully saturated rings. The van der Waals surface area contributed by atoms with E-state index in [2.05, 4.69) is 0 Å². The molecule has 1 radical (unpaired) electrons. The van der Waals surface area contributed by atoms with Crippen LogP contribution in [-0.4, -0.2) is 3.79 Å². The smallest absolute Gasteiger partial charge is 0.212 e. The minimum Gasteiger partial charge on any atom is -0.299 e. The van der Waals surface area contributed by atoms with Gasteiger partial charge in [0.2, 0.25) is 3.79 Å². The fraction of sp³-hybridized carbons (Fsp3) is 0.333. The van der Waals surface area contributed by atoms with Gasteiger partial charge in [0.25, 0.3) is 0 Å². The van der Waals surface area contributed by atoms with Gasteiger partial charge in [-0.25, -0.2) is 0 Å². The Balaban J connectivity index is 3.56. The van der Waals surface area contributed by atoms with Crippen molar-refractivity contribution in [3.63, 3.8) is 0 Å². The molecule has 41 valence electrons. The number of allylic oxidation sites excluding steroid dienone is 1. The maximum absolute atomic E-state index is 9.51. The number of hydrogen-bond acceptors (Lipinski definition) is 0. The molecule has 0 aliphatic carbocycles. The summed E-state index contributed by atoms with van der Waals surface area (Å²) in [6, 6.07) is 0. The summed E-state index contributed by atoms with van der Waals surface area (Å²) in [5.74, 6) is 0. The van der Waals surface area contributed by atoms with E-state index in [1.807, 2.05) is 0 Å². The monoisotopic (exact) mass is 159 g/mol. The summed E-state index contributed by atoms with van der Waals surface area (Å²) < 4.78 is -1.53. The topological polar surface area (TPSA) is 19.9 Å². The lowest BCUT2D eigenvalue weighted by molar-refractivity contribution is 0.350. The lowest BCUT2D eigenvalue weighted by atomic mass is 10.7. The van der Waals surface area contributed by atoms with Crippen molar-refractivity contribution in [1.82, 2.24) is 0 Å². The predicted molar refractivity (Wildman–Crippen MR) is 30.1 cm³/mol. The molecule has 7 heavy (non-hydrogen) atoms. The van der Waals surface area contributed by atoms with Gasteiger partial charge in [-0.15, -0.1) is 0 Å². The molecule has 0 unspecified atom stereocenters. The van der Waals surface area contributed by atoms with Gasteiger partial charge in [0.05, 0.1) is 0 Å². The van der Waals surface area contributed by atoms with E-state index < -0.39 is 3.79 Å². The molecule has 0 aromatic carbocycles. The van der Waals surface area contributed by atoms with Crippen molar-refractivity contribution in [2.24, 2.45) is 0 Å². The minimum absolute atomic E-state index is 0.438. The Bertz CT molecular complexity index is 72.7. The number of hydrogen-bond donors (Lipinski definition) is 0. The molecule has 0 saturated carbocycles. The molecule has 0 rings (SSSR count). The summed E-state index contributed by atoms with van der Waals surface area (Å²) in [7, 11) is 0. The van der Waals surface area contributed by atoms with E-state index in [9.17, 15) is 5.11 Å². The van der Waals surface area contributed by atoms with Gasteiger partial charge in [-0.1, -0.05) is 34.8 Å². The maximum atomic E-state index is 9.51. The standard InChI is InChI=1S/C3H2Cl3O/c4-3(5,6)1-2-7/h1-2H/b2-1-. The average Bonchev–Trinajstić information content (AvgIpc) is 1.30. The summed E-state index contributed by atoms with van der Waals surface area (Å²) in [5, 5.41) is 9.51. The Kier molecular flexibility index (Phi) is 2.81. The number of alkyl halides is 3. The van der Waals surface area contributed by atoms with Crippen LogP contribution >= 0.6 is 34.8 Å². The molecule has 0 aliphatic rings. The van der Waals surface area contributed by atoms with Crippen LogP contribution in [0, 0.1) is 0 Å². The summed E-state index contributed by atoms with van der Waals surface area (Å²) in [5.41, 5.74) is 0. The average molecular weight is 160 g/mol. The third kappa shape index (κ3) is 6.41. The zero-order chi connectivity index (χ0) is 5.91. The molecule has 0 aromatic heterocycles. The Morgan fingerprint density at radius 2 is 1.71 bits per heavy atom.